The van der Waals surface area contributed by atoms with E-state index in [0.717, 1.165) is 29.5 Å². The third-order valence-electron chi connectivity index (χ3n) is 3.50. The molecule has 1 nitrogen and oxygen atoms in total. The van der Waals surface area contributed by atoms with Gasteiger partial charge in [-0.05, 0) is 24.0 Å². The maximum Gasteiger partial charge on any atom is 0.126 e. The molecule has 1 N–H and O–H groups in total. The van der Waals surface area contributed by atoms with Crippen LogP contribution in [0.25, 0.3) is 11.1 Å². The Bertz CT molecular complexity index is 502. The second kappa shape index (κ2) is 6.98. The Balaban J connectivity index is 2.14. The summed E-state index contributed by atoms with van der Waals surface area (Å²) in [6.07, 6.45) is 5.88. The van der Waals surface area contributed by atoms with Crippen LogP contribution in [0.5, 0.6) is 5.75 Å². The largest absolute Gasteiger partial charge is 0.507 e. The van der Waals surface area contributed by atoms with Gasteiger partial charge in [0, 0.05) is 5.56 Å². The zero-order chi connectivity index (χ0) is 13.5. The number of hydrogen-bond acceptors (Lipinski definition) is 1. The molecule has 0 heterocycles. The normalized spacial score (nSPS) is 10.6. The molecule has 19 heavy (non-hydrogen) atoms. The topological polar surface area (TPSA) is 20.2 Å². The van der Waals surface area contributed by atoms with Crippen molar-refractivity contribution in [2.75, 3.05) is 0 Å². The van der Waals surface area contributed by atoms with Crippen molar-refractivity contribution >= 4 is 0 Å². The number of para-hydroxylation sites is 1. The van der Waals surface area contributed by atoms with E-state index in [1.165, 1.54) is 19.3 Å². The number of hydrogen-bond donors (Lipinski definition) is 1. The number of aromatic hydroxyl groups is 1. The predicted molar refractivity (Wildman–Crippen MR) is 81.4 cm³/mol. The molecular formula is C18H22O. The monoisotopic (exact) mass is 254 g/mol. The van der Waals surface area contributed by atoms with E-state index in [1.54, 1.807) is 0 Å². The average Bonchev–Trinajstić information content (AvgIpc) is 2.46. The molecule has 0 atom stereocenters. The molecule has 0 aliphatic carbocycles. The quantitative estimate of drug-likeness (QED) is 0.704. The zero-order valence-electron chi connectivity index (χ0n) is 11.6. The molecule has 1 heteroatoms. The highest BCUT2D eigenvalue weighted by atomic mass is 16.3. The number of aryl methyl sites for hydroxylation is 1. The van der Waals surface area contributed by atoms with Crippen molar-refractivity contribution in [1.82, 2.24) is 0 Å². The van der Waals surface area contributed by atoms with Gasteiger partial charge in [0.1, 0.15) is 5.75 Å². The van der Waals surface area contributed by atoms with Gasteiger partial charge in [-0.25, -0.2) is 0 Å². The van der Waals surface area contributed by atoms with Crippen molar-refractivity contribution < 1.29 is 5.11 Å². The van der Waals surface area contributed by atoms with Gasteiger partial charge in [-0.3, -0.25) is 0 Å². The zero-order valence-corrected chi connectivity index (χ0v) is 11.6. The summed E-state index contributed by atoms with van der Waals surface area (Å²) in [6, 6.07) is 16.1. The first-order valence-electron chi connectivity index (χ1n) is 7.19. The Kier molecular flexibility index (Phi) is 5.02. The molecule has 0 amide bonds. The van der Waals surface area contributed by atoms with Crippen molar-refractivity contribution in [1.29, 1.82) is 0 Å². The highest BCUT2D eigenvalue weighted by molar-refractivity contribution is 5.71. The minimum absolute atomic E-state index is 0.449. The van der Waals surface area contributed by atoms with E-state index in [9.17, 15) is 5.11 Å². The Morgan fingerprint density at radius 1 is 0.842 bits per heavy atom. The first-order chi connectivity index (χ1) is 9.33. The molecule has 0 fully saturated rings. The molecule has 0 aliphatic heterocycles. The van der Waals surface area contributed by atoms with E-state index >= 15 is 0 Å². The lowest BCUT2D eigenvalue weighted by atomic mass is 9.98. The van der Waals surface area contributed by atoms with Crippen LogP contribution < -0.4 is 0 Å². The van der Waals surface area contributed by atoms with E-state index in [2.05, 4.69) is 6.92 Å². The van der Waals surface area contributed by atoms with E-state index < -0.39 is 0 Å². The van der Waals surface area contributed by atoms with Crippen LogP contribution >= 0.6 is 0 Å². The van der Waals surface area contributed by atoms with Gasteiger partial charge in [-0.1, -0.05) is 74.7 Å². The van der Waals surface area contributed by atoms with E-state index in [0.29, 0.717) is 5.75 Å². The second-order valence-electron chi connectivity index (χ2n) is 4.99. The summed E-state index contributed by atoms with van der Waals surface area (Å²) in [5.41, 5.74) is 3.08. The SMILES string of the molecule is CCCCCCc1cccc(-c2ccccc2)c1O. The van der Waals surface area contributed by atoms with E-state index in [4.69, 9.17) is 0 Å². The van der Waals surface area contributed by atoms with Crippen LogP contribution in [0.15, 0.2) is 48.5 Å². The van der Waals surface area contributed by atoms with Crippen molar-refractivity contribution in [2.24, 2.45) is 0 Å². The standard InChI is InChI=1S/C18H22O/c1-2-3-4-6-12-16-13-9-14-17(18(16)19)15-10-7-5-8-11-15/h5,7-11,13-14,19H,2-4,6,12H2,1H3. The highest BCUT2D eigenvalue weighted by Gasteiger charge is 2.08. The van der Waals surface area contributed by atoms with Gasteiger partial charge in [0.15, 0.2) is 0 Å². The highest BCUT2D eigenvalue weighted by Crippen LogP contribution is 2.32. The van der Waals surface area contributed by atoms with Crippen LogP contribution in [0, 0.1) is 0 Å². The van der Waals surface area contributed by atoms with Crippen LogP contribution in [0.3, 0.4) is 0 Å². The molecule has 2 aromatic rings. The molecular weight excluding hydrogens is 232 g/mol. The van der Waals surface area contributed by atoms with Crippen molar-refractivity contribution in [3.05, 3.63) is 54.1 Å². The molecule has 0 saturated heterocycles. The Hall–Kier alpha value is -1.76. The van der Waals surface area contributed by atoms with Crippen LogP contribution in [0.1, 0.15) is 38.2 Å². The summed E-state index contributed by atoms with van der Waals surface area (Å²) >= 11 is 0. The third kappa shape index (κ3) is 3.60. The first-order valence-corrected chi connectivity index (χ1v) is 7.19. The molecule has 0 aromatic heterocycles. The molecule has 2 rings (SSSR count). The van der Waals surface area contributed by atoms with Gasteiger partial charge in [-0.15, -0.1) is 0 Å². The fourth-order valence-corrected chi connectivity index (χ4v) is 2.39. The summed E-state index contributed by atoms with van der Waals surface area (Å²) in [5, 5.41) is 10.4. The van der Waals surface area contributed by atoms with E-state index in [1.807, 2.05) is 48.5 Å². The maximum atomic E-state index is 10.4. The van der Waals surface area contributed by atoms with E-state index in [-0.39, 0.29) is 0 Å². The van der Waals surface area contributed by atoms with Gasteiger partial charge < -0.3 is 5.11 Å². The lowest BCUT2D eigenvalue weighted by Crippen LogP contribution is -1.89. The Morgan fingerprint density at radius 3 is 2.37 bits per heavy atom. The molecule has 0 radical (unpaired) electrons. The number of phenols is 1. The predicted octanol–water partition coefficient (Wildman–Crippen LogP) is 5.18. The number of unbranched alkanes of at least 4 members (excludes halogenated alkanes) is 3. The molecule has 100 valence electrons. The van der Waals surface area contributed by atoms with Gasteiger partial charge in [0.2, 0.25) is 0 Å². The molecule has 0 unspecified atom stereocenters. The third-order valence-corrected chi connectivity index (χ3v) is 3.50. The minimum Gasteiger partial charge on any atom is -0.507 e. The lowest BCUT2D eigenvalue weighted by molar-refractivity contribution is 0.468. The first kappa shape index (κ1) is 13.7. The lowest BCUT2D eigenvalue weighted by Gasteiger charge is -2.10. The van der Waals surface area contributed by atoms with Crippen LogP contribution in [-0.4, -0.2) is 5.11 Å². The molecule has 0 spiro atoms. The van der Waals surface area contributed by atoms with Crippen molar-refractivity contribution in [2.45, 2.75) is 39.0 Å². The van der Waals surface area contributed by atoms with Gasteiger partial charge >= 0.3 is 0 Å². The second-order valence-corrected chi connectivity index (χ2v) is 4.99. The molecule has 0 bridgehead atoms. The number of benzene rings is 2. The van der Waals surface area contributed by atoms with Crippen LogP contribution in [0.4, 0.5) is 0 Å². The maximum absolute atomic E-state index is 10.4. The van der Waals surface area contributed by atoms with Gasteiger partial charge in [0.25, 0.3) is 0 Å². The average molecular weight is 254 g/mol. The summed E-state index contributed by atoms with van der Waals surface area (Å²) in [7, 11) is 0. The Labute approximate surface area is 115 Å². The minimum atomic E-state index is 0.449. The smallest absolute Gasteiger partial charge is 0.126 e. The van der Waals surface area contributed by atoms with Crippen LogP contribution in [0.2, 0.25) is 0 Å². The van der Waals surface area contributed by atoms with Crippen molar-refractivity contribution in [3.8, 4) is 16.9 Å². The number of phenolic OH excluding ortho intramolecular Hbond substituents is 1. The fraction of sp³-hybridized carbons (Fsp3) is 0.333. The fourth-order valence-electron chi connectivity index (χ4n) is 2.39. The summed E-state index contributed by atoms with van der Waals surface area (Å²) < 4.78 is 0. The molecule has 2 aromatic carbocycles. The molecule has 0 aliphatic rings. The summed E-state index contributed by atoms with van der Waals surface area (Å²) in [4.78, 5) is 0. The van der Waals surface area contributed by atoms with Gasteiger partial charge in [-0.2, -0.15) is 0 Å². The molecule has 0 saturated carbocycles. The van der Waals surface area contributed by atoms with Crippen molar-refractivity contribution in [3.63, 3.8) is 0 Å². The Morgan fingerprint density at radius 2 is 1.63 bits per heavy atom. The number of rotatable bonds is 6. The summed E-state index contributed by atoms with van der Waals surface area (Å²) in [6.45, 7) is 2.22. The van der Waals surface area contributed by atoms with Crippen LogP contribution in [-0.2, 0) is 6.42 Å². The summed E-state index contributed by atoms with van der Waals surface area (Å²) in [5.74, 6) is 0.449. The van der Waals surface area contributed by atoms with Gasteiger partial charge in [0.05, 0.1) is 0 Å².